The first kappa shape index (κ1) is 13.9. The van der Waals surface area contributed by atoms with E-state index in [0.29, 0.717) is 6.54 Å². The first-order valence-corrected chi connectivity index (χ1v) is 6.54. The Morgan fingerprint density at radius 3 is 2.21 bits per heavy atom. The zero-order valence-corrected chi connectivity index (χ0v) is 12.7. The Labute approximate surface area is 120 Å². The predicted molar refractivity (Wildman–Crippen MR) is 77.3 cm³/mol. The molecule has 0 bridgehead atoms. The molecule has 0 amide bonds. The fourth-order valence-electron chi connectivity index (χ4n) is 1.86. The number of aromatic nitrogens is 2. The van der Waals surface area contributed by atoms with Crippen molar-refractivity contribution in [3.05, 3.63) is 28.5 Å². The van der Waals surface area contributed by atoms with Gasteiger partial charge in [0, 0.05) is 25.2 Å². The number of halogens is 1. The van der Waals surface area contributed by atoms with Crippen LogP contribution in [0.3, 0.4) is 0 Å². The largest absolute Gasteiger partial charge is 0.497 e. The summed E-state index contributed by atoms with van der Waals surface area (Å²) in [5.41, 5.74) is 7.40. The fourth-order valence-corrected chi connectivity index (χ4v) is 2.28. The van der Waals surface area contributed by atoms with E-state index >= 15 is 0 Å². The molecule has 2 N–H and O–H groups in total. The second-order valence-electron chi connectivity index (χ2n) is 4.04. The van der Waals surface area contributed by atoms with Gasteiger partial charge in [-0.05, 0) is 28.1 Å². The van der Waals surface area contributed by atoms with Gasteiger partial charge in [0.1, 0.15) is 21.9 Å². The molecule has 5 nitrogen and oxygen atoms in total. The van der Waals surface area contributed by atoms with Crippen molar-refractivity contribution in [1.29, 1.82) is 0 Å². The van der Waals surface area contributed by atoms with Crippen LogP contribution in [0.2, 0.25) is 0 Å². The molecule has 1 heterocycles. The maximum Gasteiger partial charge on any atom is 0.141 e. The molecule has 102 valence electrons. The molecule has 0 radical (unpaired) electrons. The lowest BCUT2D eigenvalue weighted by molar-refractivity contribution is 0.394. The van der Waals surface area contributed by atoms with E-state index in [-0.39, 0.29) is 0 Å². The number of benzene rings is 1. The molecule has 6 heteroatoms. The van der Waals surface area contributed by atoms with Crippen LogP contribution in [0.25, 0.3) is 11.4 Å². The van der Waals surface area contributed by atoms with Gasteiger partial charge >= 0.3 is 0 Å². The molecular weight excluding hydrogens is 310 g/mol. The van der Waals surface area contributed by atoms with Gasteiger partial charge in [-0.1, -0.05) is 0 Å². The van der Waals surface area contributed by atoms with Crippen LogP contribution in [0.5, 0.6) is 11.5 Å². The predicted octanol–water partition coefficient (Wildman–Crippen LogP) is 2.33. The van der Waals surface area contributed by atoms with Gasteiger partial charge in [-0.2, -0.15) is 0 Å². The van der Waals surface area contributed by atoms with Gasteiger partial charge in [0.2, 0.25) is 0 Å². The highest BCUT2D eigenvalue weighted by atomic mass is 79.9. The first-order chi connectivity index (χ1) is 9.10. The van der Waals surface area contributed by atoms with Crippen molar-refractivity contribution < 1.29 is 9.47 Å². The van der Waals surface area contributed by atoms with Crippen molar-refractivity contribution in [1.82, 2.24) is 9.55 Å². The minimum atomic E-state index is 0.384. The second kappa shape index (κ2) is 5.63. The van der Waals surface area contributed by atoms with E-state index in [2.05, 4.69) is 20.9 Å². The van der Waals surface area contributed by atoms with E-state index in [9.17, 15) is 0 Å². The summed E-state index contributed by atoms with van der Waals surface area (Å²) in [6.45, 7) is 0.384. The highest BCUT2D eigenvalue weighted by Gasteiger charge is 2.14. The Kier molecular flexibility index (Phi) is 4.11. The zero-order chi connectivity index (χ0) is 14.0. The van der Waals surface area contributed by atoms with E-state index in [1.807, 2.05) is 29.8 Å². The lowest BCUT2D eigenvalue weighted by atomic mass is 10.2. The van der Waals surface area contributed by atoms with Crippen LogP contribution in [0.15, 0.2) is 22.8 Å². The molecule has 0 saturated heterocycles. The molecule has 0 aliphatic carbocycles. The second-order valence-corrected chi connectivity index (χ2v) is 4.79. The molecule has 19 heavy (non-hydrogen) atoms. The molecule has 2 aromatic rings. The summed E-state index contributed by atoms with van der Waals surface area (Å²) >= 11 is 3.49. The number of methoxy groups -OCH3 is 2. The third-order valence-electron chi connectivity index (χ3n) is 2.89. The Morgan fingerprint density at radius 2 is 1.79 bits per heavy atom. The van der Waals surface area contributed by atoms with Crippen molar-refractivity contribution >= 4 is 15.9 Å². The third-order valence-corrected chi connectivity index (χ3v) is 3.88. The maximum atomic E-state index is 5.67. The van der Waals surface area contributed by atoms with Crippen LogP contribution < -0.4 is 15.2 Å². The minimum absolute atomic E-state index is 0.384. The number of ether oxygens (including phenoxy) is 2. The highest BCUT2D eigenvalue weighted by molar-refractivity contribution is 9.10. The lowest BCUT2D eigenvalue weighted by Crippen LogP contribution is -1.97. The Morgan fingerprint density at radius 1 is 1.21 bits per heavy atom. The summed E-state index contributed by atoms with van der Waals surface area (Å²) in [5, 5.41) is 0. The molecular formula is C13H16BrN3O2. The minimum Gasteiger partial charge on any atom is -0.497 e. The van der Waals surface area contributed by atoms with Gasteiger partial charge in [0.15, 0.2) is 0 Å². The summed E-state index contributed by atoms with van der Waals surface area (Å²) in [4.78, 5) is 4.53. The topological polar surface area (TPSA) is 62.3 Å². The molecule has 0 aliphatic rings. The monoisotopic (exact) mass is 325 g/mol. The lowest BCUT2D eigenvalue weighted by Gasteiger charge is -2.08. The molecule has 0 aliphatic heterocycles. The number of rotatable bonds is 4. The molecule has 0 saturated carbocycles. The molecule has 0 fully saturated rings. The van der Waals surface area contributed by atoms with Crippen LogP contribution in [0, 0.1) is 0 Å². The summed E-state index contributed by atoms with van der Waals surface area (Å²) < 4.78 is 13.4. The SMILES string of the molecule is COc1cc(OC)cc(-c2nc(CN)c(Br)n2C)c1. The van der Waals surface area contributed by atoms with Crippen LogP contribution >= 0.6 is 15.9 Å². The van der Waals surface area contributed by atoms with Gasteiger partial charge in [-0.25, -0.2) is 4.98 Å². The van der Waals surface area contributed by atoms with Gasteiger partial charge in [0.25, 0.3) is 0 Å². The van der Waals surface area contributed by atoms with Crippen molar-refractivity contribution in [2.24, 2.45) is 12.8 Å². The normalized spacial score (nSPS) is 10.6. The van der Waals surface area contributed by atoms with Gasteiger partial charge in [0.05, 0.1) is 19.9 Å². The van der Waals surface area contributed by atoms with Crippen LogP contribution in [0.1, 0.15) is 5.69 Å². The van der Waals surface area contributed by atoms with E-state index in [1.165, 1.54) is 0 Å². The smallest absolute Gasteiger partial charge is 0.141 e. The molecule has 1 aromatic heterocycles. The van der Waals surface area contributed by atoms with Crippen molar-refractivity contribution in [3.63, 3.8) is 0 Å². The maximum absolute atomic E-state index is 5.67. The molecule has 0 spiro atoms. The molecule has 2 rings (SSSR count). The Hall–Kier alpha value is -1.53. The summed E-state index contributed by atoms with van der Waals surface area (Å²) in [7, 11) is 5.17. The van der Waals surface area contributed by atoms with Crippen molar-refractivity contribution in [2.45, 2.75) is 6.54 Å². The average Bonchev–Trinajstić information content (AvgIpc) is 2.74. The summed E-state index contributed by atoms with van der Waals surface area (Å²) in [6, 6.07) is 5.65. The number of hydrogen-bond donors (Lipinski definition) is 1. The summed E-state index contributed by atoms with van der Waals surface area (Å²) in [5.74, 6) is 2.26. The van der Waals surface area contributed by atoms with E-state index in [1.54, 1.807) is 14.2 Å². The van der Waals surface area contributed by atoms with Gasteiger partial charge < -0.3 is 19.8 Å². The summed E-state index contributed by atoms with van der Waals surface area (Å²) in [6.07, 6.45) is 0. The van der Waals surface area contributed by atoms with Crippen LogP contribution in [0.4, 0.5) is 0 Å². The van der Waals surface area contributed by atoms with Crippen LogP contribution in [-0.4, -0.2) is 23.8 Å². The van der Waals surface area contributed by atoms with Gasteiger partial charge in [-0.3, -0.25) is 0 Å². The first-order valence-electron chi connectivity index (χ1n) is 5.75. The van der Waals surface area contributed by atoms with Crippen LogP contribution in [-0.2, 0) is 13.6 Å². The quantitative estimate of drug-likeness (QED) is 0.937. The van der Waals surface area contributed by atoms with E-state index in [0.717, 1.165) is 33.2 Å². The highest BCUT2D eigenvalue weighted by Crippen LogP contribution is 2.31. The Balaban J connectivity index is 2.57. The zero-order valence-electron chi connectivity index (χ0n) is 11.1. The van der Waals surface area contributed by atoms with Crippen molar-refractivity contribution in [2.75, 3.05) is 14.2 Å². The molecule has 0 unspecified atom stereocenters. The number of imidazole rings is 1. The third kappa shape index (κ3) is 2.59. The Bertz CT molecular complexity index is 574. The van der Waals surface area contributed by atoms with Gasteiger partial charge in [-0.15, -0.1) is 0 Å². The average molecular weight is 326 g/mol. The van der Waals surface area contributed by atoms with E-state index in [4.69, 9.17) is 15.2 Å². The standard InChI is InChI=1S/C13H16BrN3O2/c1-17-12(14)11(7-15)16-13(17)8-4-9(18-2)6-10(5-8)19-3/h4-6H,7,15H2,1-3H3. The van der Waals surface area contributed by atoms with E-state index < -0.39 is 0 Å². The number of nitrogens with two attached hydrogens (primary N) is 1. The fraction of sp³-hybridized carbons (Fsp3) is 0.308. The number of nitrogens with zero attached hydrogens (tertiary/aromatic N) is 2. The number of hydrogen-bond acceptors (Lipinski definition) is 4. The molecule has 1 aromatic carbocycles. The molecule has 0 atom stereocenters. The van der Waals surface area contributed by atoms with Crippen molar-refractivity contribution in [3.8, 4) is 22.9 Å².